The van der Waals surface area contributed by atoms with E-state index in [9.17, 15) is 4.79 Å². The Morgan fingerprint density at radius 3 is 2.33 bits per heavy atom. The SMILES string of the molecule is CC(NC(=O)C(N)C(C)C)c1ccccc1Cl.Cl. The molecule has 102 valence electrons. The van der Waals surface area contributed by atoms with Crippen LogP contribution in [-0.4, -0.2) is 11.9 Å². The summed E-state index contributed by atoms with van der Waals surface area (Å²) in [6, 6.07) is 6.84. The van der Waals surface area contributed by atoms with Gasteiger partial charge in [0.25, 0.3) is 0 Å². The molecule has 0 saturated heterocycles. The summed E-state index contributed by atoms with van der Waals surface area (Å²) in [6.45, 7) is 5.74. The van der Waals surface area contributed by atoms with Crippen molar-refractivity contribution in [3.63, 3.8) is 0 Å². The number of carbonyl (C=O) groups excluding carboxylic acids is 1. The number of hydrogen-bond donors (Lipinski definition) is 2. The second-order valence-electron chi connectivity index (χ2n) is 4.52. The molecule has 0 heterocycles. The molecule has 0 aliphatic carbocycles. The first-order valence-corrected chi connectivity index (χ1v) is 6.11. The standard InChI is InChI=1S/C13H19ClN2O.ClH/c1-8(2)12(15)13(17)16-9(3)10-6-4-5-7-11(10)14;/h4-9,12H,15H2,1-3H3,(H,16,17);1H. The second kappa shape index (κ2) is 7.62. The lowest BCUT2D eigenvalue weighted by Gasteiger charge is -2.20. The molecule has 0 bridgehead atoms. The van der Waals surface area contributed by atoms with Crippen molar-refractivity contribution in [3.8, 4) is 0 Å². The molecule has 5 heteroatoms. The molecule has 0 aliphatic rings. The quantitative estimate of drug-likeness (QED) is 0.896. The normalized spacial score (nSPS) is 13.7. The van der Waals surface area contributed by atoms with Crippen molar-refractivity contribution in [2.45, 2.75) is 32.9 Å². The predicted molar refractivity (Wildman–Crippen MR) is 78.1 cm³/mol. The minimum absolute atomic E-state index is 0. The fourth-order valence-corrected chi connectivity index (χ4v) is 1.82. The molecular formula is C13H20Cl2N2O. The Morgan fingerprint density at radius 2 is 1.83 bits per heavy atom. The molecule has 0 radical (unpaired) electrons. The second-order valence-corrected chi connectivity index (χ2v) is 4.93. The molecule has 0 aliphatic heterocycles. The number of carbonyl (C=O) groups is 1. The van der Waals surface area contributed by atoms with Gasteiger partial charge in [0.2, 0.25) is 5.91 Å². The van der Waals surface area contributed by atoms with Crippen molar-refractivity contribution in [1.29, 1.82) is 0 Å². The summed E-state index contributed by atoms with van der Waals surface area (Å²) in [5.74, 6) is -0.0270. The third-order valence-electron chi connectivity index (χ3n) is 2.75. The fourth-order valence-electron chi connectivity index (χ4n) is 1.52. The molecule has 1 aromatic carbocycles. The van der Waals surface area contributed by atoms with Gasteiger partial charge in [0.15, 0.2) is 0 Å². The number of amides is 1. The van der Waals surface area contributed by atoms with Gasteiger partial charge in [-0.1, -0.05) is 43.6 Å². The van der Waals surface area contributed by atoms with Gasteiger partial charge in [0.1, 0.15) is 0 Å². The van der Waals surface area contributed by atoms with Crippen LogP contribution in [-0.2, 0) is 4.79 Å². The monoisotopic (exact) mass is 290 g/mol. The van der Waals surface area contributed by atoms with Crippen LogP contribution in [0.25, 0.3) is 0 Å². The number of hydrogen-bond acceptors (Lipinski definition) is 2. The molecule has 1 aromatic rings. The molecule has 1 amide bonds. The Labute approximate surface area is 119 Å². The van der Waals surface area contributed by atoms with E-state index in [2.05, 4.69) is 5.32 Å². The van der Waals surface area contributed by atoms with Gasteiger partial charge in [-0.25, -0.2) is 0 Å². The number of nitrogens with two attached hydrogens (primary N) is 1. The van der Waals surface area contributed by atoms with Crippen molar-refractivity contribution in [2.75, 3.05) is 0 Å². The number of rotatable bonds is 4. The number of halogens is 2. The van der Waals surface area contributed by atoms with Gasteiger partial charge in [0.05, 0.1) is 12.1 Å². The Balaban J connectivity index is 0.00000289. The van der Waals surface area contributed by atoms with Crippen molar-refractivity contribution in [3.05, 3.63) is 34.9 Å². The Bertz CT molecular complexity index is 396. The van der Waals surface area contributed by atoms with Crippen LogP contribution in [0.3, 0.4) is 0 Å². The van der Waals surface area contributed by atoms with Gasteiger partial charge in [0, 0.05) is 5.02 Å². The average molecular weight is 291 g/mol. The maximum absolute atomic E-state index is 11.8. The average Bonchev–Trinajstić information content (AvgIpc) is 2.28. The molecule has 0 saturated carbocycles. The summed E-state index contributed by atoms with van der Waals surface area (Å²) in [4.78, 5) is 11.8. The Morgan fingerprint density at radius 1 is 1.28 bits per heavy atom. The molecule has 2 unspecified atom stereocenters. The first kappa shape index (κ1) is 17.2. The van der Waals surface area contributed by atoms with E-state index in [1.807, 2.05) is 45.0 Å². The van der Waals surface area contributed by atoms with Crippen LogP contribution >= 0.6 is 24.0 Å². The minimum Gasteiger partial charge on any atom is -0.348 e. The third-order valence-corrected chi connectivity index (χ3v) is 3.10. The van der Waals surface area contributed by atoms with Crippen LogP contribution in [0.15, 0.2) is 24.3 Å². The van der Waals surface area contributed by atoms with Gasteiger partial charge in [-0.3, -0.25) is 4.79 Å². The molecule has 0 aromatic heterocycles. The highest BCUT2D eigenvalue weighted by molar-refractivity contribution is 6.31. The van der Waals surface area contributed by atoms with Gasteiger partial charge >= 0.3 is 0 Å². The van der Waals surface area contributed by atoms with Crippen molar-refractivity contribution >= 4 is 29.9 Å². The highest BCUT2D eigenvalue weighted by Gasteiger charge is 2.20. The molecule has 0 fully saturated rings. The third kappa shape index (κ3) is 4.48. The summed E-state index contributed by atoms with van der Waals surface area (Å²) < 4.78 is 0. The van der Waals surface area contributed by atoms with E-state index in [1.54, 1.807) is 0 Å². The topological polar surface area (TPSA) is 55.1 Å². The smallest absolute Gasteiger partial charge is 0.237 e. The van der Waals surface area contributed by atoms with E-state index >= 15 is 0 Å². The molecule has 3 nitrogen and oxygen atoms in total. The van der Waals surface area contributed by atoms with Crippen LogP contribution in [0, 0.1) is 5.92 Å². The molecule has 1 rings (SSSR count). The zero-order valence-corrected chi connectivity index (χ0v) is 12.4. The molecule has 18 heavy (non-hydrogen) atoms. The van der Waals surface area contributed by atoms with Crippen LogP contribution < -0.4 is 11.1 Å². The molecule has 0 spiro atoms. The van der Waals surface area contributed by atoms with Crippen molar-refractivity contribution < 1.29 is 4.79 Å². The van der Waals surface area contributed by atoms with Crippen LogP contribution in [0.1, 0.15) is 32.4 Å². The van der Waals surface area contributed by atoms with E-state index in [4.69, 9.17) is 17.3 Å². The van der Waals surface area contributed by atoms with Gasteiger partial charge in [-0.2, -0.15) is 0 Å². The summed E-state index contributed by atoms with van der Waals surface area (Å²) in [5.41, 5.74) is 6.68. The predicted octanol–water partition coefficient (Wildman–Crippen LogP) is 2.92. The van der Waals surface area contributed by atoms with Gasteiger partial charge in [-0.15, -0.1) is 12.4 Å². The molecule has 2 atom stereocenters. The molecular weight excluding hydrogens is 271 g/mol. The van der Waals surface area contributed by atoms with E-state index in [-0.39, 0.29) is 30.3 Å². The first-order chi connectivity index (χ1) is 7.93. The van der Waals surface area contributed by atoms with Crippen LogP contribution in [0.2, 0.25) is 5.02 Å². The highest BCUT2D eigenvalue weighted by atomic mass is 35.5. The van der Waals surface area contributed by atoms with E-state index < -0.39 is 6.04 Å². The zero-order valence-electron chi connectivity index (χ0n) is 10.8. The summed E-state index contributed by atoms with van der Waals surface area (Å²) in [6.07, 6.45) is 0. The lowest BCUT2D eigenvalue weighted by atomic mass is 10.0. The first-order valence-electron chi connectivity index (χ1n) is 5.74. The fraction of sp³-hybridized carbons (Fsp3) is 0.462. The highest BCUT2D eigenvalue weighted by Crippen LogP contribution is 2.22. The summed E-state index contributed by atoms with van der Waals surface area (Å²) >= 11 is 6.06. The lowest BCUT2D eigenvalue weighted by molar-refractivity contribution is -0.123. The Kier molecular flexibility index (Phi) is 7.29. The van der Waals surface area contributed by atoms with E-state index in [0.29, 0.717) is 5.02 Å². The van der Waals surface area contributed by atoms with Crippen LogP contribution in [0.5, 0.6) is 0 Å². The van der Waals surface area contributed by atoms with E-state index in [1.165, 1.54) is 0 Å². The van der Waals surface area contributed by atoms with Gasteiger partial charge < -0.3 is 11.1 Å². The van der Waals surface area contributed by atoms with E-state index in [0.717, 1.165) is 5.56 Å². The molecule has 3 N–H and O–H groups in total. The minimum atomic E-state index is -0.486. The lowest BCUT2D eigenvalue weighted by Crippen LogP contribution is -2.44. The van der Waals surface area contributed by atoms with Crippen molar-refractivity contribution in [2.24, 2.45) is 11.7 Å². The Hall–Kier alpha value is -0.770. The number of benzene rings is 1. The largest absolute Gasteiger partial charge is 0.348 e. The maximum Gasteiger partial charge on any atom is 0.237 e. The summed E-state index contributed by atoms with van der Waals surface area (Å²) in [5, 5.41) is 3.52. The van der Waals surface area contributed by atoms with Crippen LogP contribution in [0.4, 0.5) is 0 Å². The van der Waals surface area contributed by atoms with Gasteiger partial charge in [-0.05, 0) is 24.5 Å². The van der Waals surface area contributed by atoms with Crippen molar-refractivity contribution in [1.82, 2.24) is 5.32 Å². The maximum atomic E-state index is 11.8. The summed E-state index contributed by atoms with van der Waals surface area (Å²) in [7, 11) is 0. The number of nitrogens with one attached hydrogen (secondary N) is 1. The zero-order chi connectivity index (χ0) is 13.0.